The molecule has 0 N–H and O–H groups in total. The molecule has 0 amide bonds. The molecule has 2 rings (SSSR count). The van der Waals surface area contributed by atoms with Gasteiger partial charge in [0.1, 0.15) is 0 Å². The van der Waals surface area contributed by atoms with Gasteiger partial charge in [0.15, 0.2) is 0 Å². The third kappa shape index (κ3) is 0.305. The Kier molecular flexibility index (Phi) is 0.500. The van der Waals surface area contributed by atoms with Gasteiger partial charge in [-0.2, -0.15) is 0 Å². The molecule has 0 fully saturated rings. The van der Waals surface area contributed by atoms with Gasteiger partial charge in [0.25, 0.3) is 0 Å². The fourth-order valence-corrected chi connectivity index (χ4v) is 0.944. The molecule has 1 aliphatic carbocycles. The summed E-state index contributed by atoms with van der Waals surface area (Å²) in [6, 6.07) is 8.27. The maximum absolute atomic E-state index is 3.83. The van der Waals surface area contributed by atoms with Gasteiger partial charge in [0.2, 0.25) is 0 Å². The van der Waals surface area contributed by atoms with Gasteiger partial charge in [-0.15, -0.1) is 0 Å². The maximum Gasteiger partial charge on any atom is -0.0105 e. The molecule has 0 radical (unpaired) electrons. The molecule has 0 atom stereocenters. The highest BCUT2D eigenvalue weighted by Gasteiger charge is 2.19. The molecule has 0 unspecified atom stereocenters. The smallest absolute Gasteiger partial charge is 0.0105 e. The fourth-order valence-electron chi connectivity index (χ4n) is 0.944. The lowest BCUT2D eigenvalue weighted by Gasteiger charge is -1.67. The summed E-state index contributed by atoms with van der Waals surface area (Å²) in [6.07, 6.45) is 0. The summed E-state index contributed by atoms with van der Waals surface area (Å²) in [4.78, 5) is 0. The zero-order valence-corrected chi connectivity index (χ0v) is 4.52. The Hall–Kier alpha value is -1.04. The highest BCUT2D eigenvalue weighted by Crippen LogP contribution is 2.39. The van der Waals surface area contributed by atoms with Crippen molar-refractivity contribution >= 4 is 5.57 Å². The van der Waals surface area contributed by atoms with Crippen LogP contribution in [0.1, 0.15) is 11.1 Å². The largest absolute Gasteiger partial charge is 0.0905 e. The zero-order valence-electron chi connectivity index (χ0n) is 4.52. The molecule has 0 heterocycles. The van der Waals surface area contributed by atoms with Crippen molar-refractivity contribution in [3.05, 3.63) is 42.0 Å². The second-order valence-electron chi connectivity index (χ2n) is 2.02. The standard InChI is InChI=1S/C8H6/c1-6-7-4-2-3-5-8(6)7/h2-5H,1H2. The molecule has 8 heavy (non-hydrogen) atoms. The van der Waals surface area contributed by atoms with Crippen LogP contribution in [-0.4, -0.2) is 0 Å². The van der Waals surface area contributed by atoms with Crippen LogP contribution < -0.4 is 0 Å². The first-order valence-electron chi connectivity index (χ1n) is 2.68. The van der Waals surface area contributed by atoms with Gasteiger partial charge in [-0.1, -0.05) is 30.8 Å². The summed E-state index contributed by atoms with van der Waals surface area (Å²) in [5.74, 6) is 0. The Morgan fingerprint density at radius 2 is 1.50 bits per heavy atom. The van der Waals surface area contributed by atoms with Crippen LogP contribution in [0.2, 0.25) is 0 Å². The summed E-state index contributed by atoms with van der Waals surface area (Å²) in [6.45, 7) is 3.83. The number of hydrogen-bond donors (Lipinski definition) is 0. The minimum atomic E-state index is 1.22. The summed E-state index contributed by atoms with van der Waals surface area (Å²) in [5.41, 5.74) is 3.90. The van der Waals surface area contributed by atoms with E-state index in [9.17, 15) is 0 Å². The minimum absolute atomic E-state index is 1.22. The SMILES string of the molecule is C=C1c2ccccc21. The van der Waals surface area contributed by atoms with E-state index in [-0.39, 0.29) is 0 Å². The Bertz CT molecular complexity index is 221. The molecule has 0 bridgehead atoms. The second-order valence-corrected chi connectivity index (χ2v) is 2.02. The molecule has 38 valence electrons. The molecule has 0 aliphatic heterocycles. The number of fused-ring (bicyclic) bond motifs is 1. The first-order valence-corrected chi connectivity index (χ1v) is 2.68. The van der Waals surface area contributed by atoms with Gasteiger partial charge in [0, 0.05) is 0 Å². The topological polar surface area (TPSA) is 0 Å². The van der Waals surface area contributed by atoms with Crippen molar-refractivity contribution in [2.24, 2.45) is 0 Å². The molecule has 0 nitrogen and oxygen atoms in total. The van der Waals surface area contributed by atoms with E-state index in [0.717, 1.165) is 0 Å². The Labute approximate surface area is 48.5 Å². The lowest BCUT2D eigenvalue weighted by atomic mass is 10.4. The number of benzene rings is 1. The highest BCUT2D eigenvalue weighted by molar-refractivity contribution is 5.98. The normalized spacial score (nSPS) is 13.2. The van der Waals surface area contributed by atoms with Crippen molar-refractivity contribution in [1.29, 1.82) is 0 Å². The van der Waals surface area contributed by atoms with Gasteiger partial charge >= 0.3 is 0 Å². The predicted octanol–water partition coefficient (Wildman–Crippen LogP) is 2.06. The molecule has 0 spiro atoms. The van der Waals surface area contributed by atoms with Gasteiger partial charge < -0.3 is 0 Å². The van der Waals surface area contributed by atoms with Crippen LogP contribution in [-0.2, 0) is 0 Å². The van der Waals surface area contributed by atoms with Crippen molar-refractivity contribution in [3.63, 3.8) is 0 Å². The average Bonchev–Trinajstić information content (AvgIpc) is 2.46. The molecule has 1 aliphatic rings. The van der Waals surface area contributed by atoms with Gasteiger partial charge in [0.05, 0.1) is 0 Å². The molecular weight excluding hydrogens is 96.1 g/mol. The molecule has 0 saturated heterocycles. The van der Waals surface area contributed by atoms with Crippen LogP contribution in [0.15, 0.2) is 30.8 Å². The van der Waals surface area contributed by atoms with Crippen molar-refractivity contribution in [1.82, 2.24) is 0 Å². The molecule has 0 saturated carbocycles. The van der Waals surface area contributed by atoms with Crippen molar-refractivity contribution in [2.75, 3.05) is 0 Å². The third-order valence-corrected chi connectivity index (χ3v) is 1.51. The van der Waals surface area contributed by atoms with Crippen LogP contribution in [0.25, 0.3) is 5.57 Å². The summed E-state index contributed by atoms with van der Waals surface area (Å²) < 4.78 is 0. The first-order chi connectivity index (χ1) is 3.89. The molecule has 1 aromatic carbocycles. The van der Waals surface area contributed by atoms with E-state index in [2.05, 4.69) is 18.7 Å². The van der Waals surface area contributed by atoms with Crippen LogP contribution in [0, 0.1) is 0 Å². The van der Waals surface area contributed by atoms with E-state index in [1.165, 1.54) is 16.7 Å². The summed E-state index contributed by atoms with van der Waals surface area (Å²) >= 11 is 0. The third-order valence-electron chi connectivity index (χ3n) is 1.51. The molecule has 0 heteroatoms. The summed E-state index contributed by atoms with van der Waals surface area (Å²) in [5, 5.41) is 0. The number of rotatable bonds is 0. The maximum atomic E-state index is 3.83. The Balaban J connectivity index is 2.74. The summed E-state index contributed by atoms with van der Waals surface area (Å²) in [7, 11) is 0. The van der Waals surface area contributed by atoms with Crippen molar-refractivity contribution in [2.45, 2.75) is 0 Å². The molecule has 1 aromatic rings. The highest BCUT2D eigenvalue weighted by atomic mass is 14.2. The molecular formula is C8H6. The Morgan fingerprint density at radius 1 is 1.00 bits per heavy atom. The first kappa shape index (κ1) is 3.90. The Morgan fingerprint density at radius 3 is 1.88 bits per heavy atom. The van der Waals surface area contributed by atoms with Crippen LogP contribution in [0.4, 0.5) is 0 Å². The fraction of sp³-hybridized carbons (Fsp3) is 0. The van der Waals surface area contributed by atoms with Gasteiger partial charge in [-0.3, -0.25) is 0 Å². The lowest BCUT2D eigenvalue weighted by molar-refractivity contribution is 1.77. The van der Waals surface area contributed by atoms with Crippen LogP contribution in [0.5, 0.6) is 0 Å². The van der Waals surface area contributed by atoms with Gasteiger partial charge in [-0.05, 0) is 16.7 Å². The van der Waals surface area contributed by atoms with E-state index >= 15 is 0 Å². The zero-order chi connectivity index (χ0) is 5.56. The lowest BCUT2D eigenvalue weighted by Crippen LogP contribution is -1.48. The van der Waals surface area contributed by atoms with E-state index < -0.39 is 0 Å². The predicted molar refractivity (Wildman–Crippen MR) is 34.6 cm³/mol. The van der Waals surface area contributed by atoms with Crippen LogP contribution in [0.3, 0.4) is 0 Å². The van der Waals surface area contributed by atoms with Crippen molar-refractivity contribution in [3.8, 4) is 0 Å². The number of hydrogen-bond acceptors (Lipinski definition) is 0. The minimum Gasteiger partial charge on any atom is -0.0905 e. The van der Waals surface area contributed by atoms with Gasteiger partial charge in [-0.25, -0.2) is 0 Å². The molecule has 0 aromatic heterocycles. The van der Waals surface area contributed by atoms with E-state index in [1.54, 1.807) is 0 Å². The van der Waals surface area contributed by atoms with E-state index in [0.29, 0.717) is 0 Å². The van der Waals surface area contributed by atoms with Crippen LogP contribution >= 0.6 is 0 Å². The van der Waals surface area contributed by atoms with E-state index in [4.69, 9.17) is 0 Å². The monoisotopic (exact) mass is 102 g/mol. The average molecular weight is 102 g/mol. The quantitative estimate of drug-likeness (QED) is 0.477. The van der Waals surface area contributed by atoms with Crippen molar-refractivity contribution < 1.29 is 0 Å². The second kappa shape index (κ2) is 1.03. The van der Waals surface area contributed by atoms with E-state index in [1.807, 2.05) is 12.1 Å².